The normalized spacial score (nSPS) is 14.6. The van der Waals surface area contributed by atoms with Crippen LogP contribution < -0.4 is 10.2 Å². The van der Waals surface area contributed by atoms with Crippen LogP contribution in [0, 0.1) is 5.82 Å². The number of nitrogens with zero attached hydrogens (tertiary/aromatic N) is 2. The van der Waals surface area contributed by atoms with E-state index < -0.39 is 11.7 Å². The van der Waals surface area contributed by atoms with Gasteiger partial charge in [0.2, 0.25) is 0 Å². The lowest BCUT2D eigenvalue weighted by Gasteiger charge is -2.28. The molecule has 1 aromatic carbocycles. The summed E-state index contributed by atoms with van der Waals surface area (Å²) in [5, 5.41) is 2.81. The monoisotopic (exact) mass is 335 g/mol. The van der Waals surface area contributed by atoms with Crippen molar-refractivity contribution in [3.8, 4) is 0 Å². The molecule has 1 N–H and O–H groups in total. The average molecular weight is 336 g/mol. The summed E-state index contributed by atoms with van der Waals surface area (Å²) in [4.78, 5) is 18.4. The fourth-order valence-corrected chi connectivity index (χ4v) is 2.48. The van der Waals surface area contributed by atoms with Crippen molar-refractivity contribution in [1.29, 1.82) is 0 Å². The fraction of sp³-hybridized carbons (Fsp3) is 0.250. The zero-order chi connectivity index (χ0) is 16.2. The summed E-state index contributed by atoms with van der Waals surface area (Å²) in [6.45, 7) is 3.00. The van der Waals surface area contributed by atoms with Crippen molar-refractivity contribution in [2.75, 3.05) is 36.5 Å². The summed E-state index contributed by atoms with van der Waals surface area (Å²) in [7, 11) is 0. The van der Waals surface area contributed by atoms with Gasteiger partial charge in [-0.1, -0.05) is 11.6 Å². The van der Waals surface area contributed by atoms with Crippen LogP contribution in [0.2, 0.25) is 5.02 Å². The molecule has 1 aromatic heterocycles. The molecule has 120 valence electrons. The number of carbonyl (C=O) groups is 1. The first-order valence-corrected chi connectivity index (χ1v) is 7.56. The average Bonchev–Trinajstić information content (AvgIpc) is 2.56. The van der Waals surface area contributed by atoms with Crippen molar-refractivity contribution in [1.82, 2.24) is 4.98 Å². The molecule has 0 radical (unpaired) electrons. The summed E-state index contributed by atoms with van der Waals surface area (Å²) in [6, 6.07) is 7.47. The number of carbonyl (C=O) groups excluding carboxylic acids is 1. The van der Waals surface area contributed by atoms with Crippen molar-refractivity contribution in [3.05, 3.63) is 52.9 Å². The zero-order valence-electron chi connectivity index (χ0n) is 12.3. The predicted octanol–water partition coefficient (Wildman–Crippen LogP) is 2.96. The van der Waals surface area contributed by atoms with Crippen LogP contribution in [0.1, 0.15) is 10.4 Å². The number of rotatable bonds is 3. The van der Waals surface area contributed by atoms with Gasteiger partial charge < -0.3 is 15.0 Å². The van der Waals surface area contributed by atoms with E-state index >= 15 is 0 Å². The number of hydrogen-bond donors (Lipinski definition) is 1. The predicted molar refractivity (Wildman–Crippen MR) is 86.6 cm³/mol. The standard InChI is InChI=1S/C16H15ClFN3O2/c17-11-1-3-13(14(18)9-11)16(22)20-15-4-2-12(10-19-15)21-5-7-23-8-6-21/h1-4,9-10H,5-8H2,(H,19,20,22). The first kappa shape index (κ1) is 15.7. The molecule has 0 bridgehead atoms. The minimum atomic E-state index is -0.667. The Bertz CT molecular complexity index is 703. The van der Waals surface area contributed by atoms with Gasteiger partial charge in [-0.2, -0.15) is 0 Å². The molecule has 3 rings (SSSR count). The molecular formula is C16H15ClFN3O2. The second-order valence-corrected chi connectivity index (χ2v) is 5.52. The third-order valence-corrected chi connectivity index (χ3v) is 3.78. The molecule has 1 aliphatic rings. The van der Waals surface area contributed by atoms with E-state index in [-0.39, 0.29) is 10.6 Å². The third-order valence-electron chi connectivity index (χ3n) is 3.54. The molecular weight excluding hydrogens is 321 g/mol. The van der Waals surface area contributed by atoms with Gasteiger partial charge in [-0.25, -0.2) is 9.37 Å². The number of morpholine rings is 1. The van der Waals surface area contributed by atoms with Gasteiger partial charge in [0.1, 0.15) is 11.6 Å². The van der Waals surface area contributed by atoms with Crippen LogP contribution in [-0.4, -0.2) is 37.2 Å². The highest BCUT2D eigenvalue weighted by molar-refractivity contribution is 6.30. The smallest absolute Gasteiger partial charge is 0.259 e. The number of aromatic nitrogens is 1. The van der Waals surface area contributed by atoms with E-state index in [0.717, 1.165) is 24.8 Å². The molecule has 0 unspecified atom stereocenters. The number of hydrogen-bond acceptors (Lipinski definition) is 4. The van der Waals surface area contributed by atoms with Crippen LogP contribution in [0.5, 0.6) is 0 Å². The molecule has 0 aliphatic carbocycles. The molecule has 2 heterocycles. The number of anilines is 2. The maximum Gasteiger partial charge on any atom is 0.259 e. The number of amides is 1. The second kappa shape index (κ2) is 6.93. The van der Waals surface area contributed by atoms with Gasteiger partial charge in [-0.05, 0) is 30.3 Å². The lowest BCUT2D eigenvalue weighted by molar-refractivity contribution is 0.102. The van der Waals surface area contributed by atoms with Crippen LogP contribution in [0.25, 0.3) is 0 Å². The third kappa shape index (κ3) is 3.78. The fourth-order valence-electron chi connectivity index (χ4n) is 2.33. The summed E-state index contributed by atoms with van der Waals surface area (Å²) in [5.41, 5.74) is 0.887. The van der Waals surface area contributed by atoms with Crippen molar-refractivity contribution in [2.24, 2.45) is 0 Å². The number of nitrogens with one attached hydrogen (secondary N) is 1. The van der Waals surface area contributed by atoms with Crippen LogP contribution in [0.4, 0.5) is 15.9 Å². The molecule has 0 spiro atoms. The number of ether oxygens (including phenoxy) is 1. The number of benzene rings is 1. The molecule has 5 nitrogen and oxygen atoms in total. The van der Waals surface area contributed by atoms with Crippen LogP contribution >= 0.6 is 11.6 Å². The van der Waals surface area contributed by atoms with E-state index in [0.29, 0.717) is 19.0 Å². The van der Waals surface area contributed by atoms with Gasteiger partial charge >= 0.3 is 0 Å². The van der Waals surface area contributed by atoms with E-state index in [4.69, 9.17) is 16.3 Å². The minimum absolute atomic E-state index is 0.0755. The van der Waals surface area contributed by atoms with E-state index in [1.165, 1.54) is 12.1 Å². The van der Waals surface area contributed by atoms with Crippen LogP contribution in [0.15, 0.2) is 36.5 Å². The summed E-state index contributed by atoms with van der Waals surface area (Å²) >= 11 is 5.68. The maximum atomic E-state index is 13.7. The topological polar surface area (TPSA) is 54.5 Å². The van der Waals surface area contributed by atoms with Gasteiger partial charge in [-0.15, -0.1) is 0 Å². The Morgan fingerprint density at radius 3 is 2.70 bits per heavy atom. The van der Waals surface area contributed by atoms with Gasteiger partial charge in [0.25, 0.3) is 5.91 Å². The number of pyridine rings is 1. The highest BCUT2D eigenvalue weighted by Crippen LogP contribution is 2.18. The lowest BCUT2D eigenvalue weighted by atomic mass is 10.2. The van der Waals surface area contributed by atoms with E-state index in [2.05, 4.69) is 15.2 Å². The molecule has 1 aliphatic heterocycles. The molecule has 7 heteroatoms. The Kier molecular flexibility index (Phi) is 4.73. The van der Waals surface area contributed by atoms with E-state index in [9.17, 15) is 9.18 Å². The Morgan fingerprint density at radius 2 is 2.04 bits per heavy atom. The Morgan fingerprint density at radius 1 is 1.26 bits per heavy atom. The summed E-state index contributed by atoms with van der Waals surface area (Å²) < 4.78 is 19.0. The van der Waals surface area contributed by atoms with Gasteiger partial charge in [0.15, 0.2) is 0 Å². The SMILES string of the molecule is O=C(Nc1ccc(N2CCOCC2)cn1)c1ccc(Cl)cc1F. The Hall–Kier alpha value is -2.18. The quantitative estimate of drug-likeness (QED) is 0.937. The van der Waals surface area contributed by atoms with Gasteiger partial charge in [0, 0.05) is 18.1 Å². The highest BCUT2D eigenvalue weighted by atomic mass is 35.5. The zero-order valence-corrected chi connectivity index (χ0v) is 13.0. The Balaban J connectivity index is 1.69. The maximum absolute atomic E-state index is 13.7. The van der Waals surface area contributed by atoms with E-state index in [1.54, 1.807) is 12.3 Å². The molecule has 2 aromatic rings. The van der Waals surface area contributed by atoms with Crippen LogP contribution in [-0.2, 0) is 4.74 Å². The summed E-state index contributed by atoms with van der Waals surface area (Å²) in [6.07, 6.45) is 1.68. The van der Waals surface area contributed by atoms with E-state index in [1.807, 2.05) is 6.07 Å². The van der Waals surface area contributed by atoms with Crippen molar-refractivity contribution in [2.45, 2.75) is 0 Å². The molecule has 0 saturated carbocycles. The first-order chi connectivity index (χ1) is 11.1. The Labute approximate surface area is 138 Å². The molecule has 1 amide bonds. The first-order valence-electron chi connectivity index (χ1n) is 7.18. The van der Waals surface area contributed by atoms with Crippen LogP contribution in [0.3, 0.4) is 0 Å². The van der Waals surface area contributed by atoms with Crippen molar-refractivity contribution >= 4 is 29.0 Å². The second-order valence-electron chi connectivity index (χ2n) is 5.08. The lowest BCUT2D eigenvalue weighted by Crippen LogP contribution is -2.36. The number of halogens is 2. The van der Waals surface area contributed by atoms with Gasteiger partial charge in [0.05, 0.1) is 30.7 Å². The minimum Gasteiger partial charge on any atom is -0.378 e. The van der Waals surface area contributed by atoms with Crippen molar-refractivity contribution in [3.63, 3.8) is 0 Å². The molecule has 1 saturated heterocycles. The molecule has 23 heavy (non-hydrogen) atoms. The summed E-state index contributed by atoms with van der Waals surface area (Å²) in [5.74, 6) is -0.868. The highest BCUT2D eigenvalue weighted by Gasteiger charge is 2.14. The molecule has 0 atom stereocenters. The van der Waals surface area contributed by atoms with Crippen molar-refractivity contribution < 1.29 is 13.9 Å². The molecule has 1 fully saturated rings. The largest absolute Gasteiger partial charge is 0.378 e. The van der Waals surface area contributed by atoms with Gasteiger partial charge in [-0.3, -0.25) is 4.79 Å².